The molecule has 1 amide bonds. The third kappa shape index (κ3) is 4.97. The first-order valence-corrected chi connectivity index (χ1v) is 8.95. The van der Waals surface area contributed by atoms with Crippen molar-refractivity contribution in [3.8, 4) is 16.9 Å². The summed E-state index contributed by atoms with van der Waals surface area (Å²) in [5, 5.41) is 0. The summed E-state index contributed by atoms with van der Waals surface area (Å²) >= 11 is 0. The van der Waals surface area contributed by atoms with E-state index in [-0.39, 0.29) is 11.5 Å². The molecule has 3 rings (SSSR count). The SMILES string of the molecule is CN(Cc1ncc[nH]1)C(=O)c1ccc(-c2ccc(OC(C)(C)C)cc2)cc1. The maximum atomic E-state index is 12.6. The molecule has 3 aromatic rings. The van der Waals surface area contributed by atoms with E-state index in [0.717, 1.165) is 22.7 Å². The van der Waals surface area contributed by atoms with E-state index in [2.05, 4.69) is 9.97 Å². The number of nitrogens with one attached hydrogen (secondary N) is 1. The largest absolute Gasteiger partial charge is 0.488 e. The third-order valence-corrected chi connectivity index (χ3v) is 4.03. The molecule has 27 heavy (non-hydrogen) atoms. The molecule has 0 radical (unpaired) electrons. The average molecular weight is 363 g/mol. The van der Waals surface area contributed by atoms with Crippen LogP contribution in [0.1, 0.15) is 37.0 Å². The Hall–Kier alpha value is -3.08. The fourth-order valence-corrected chi connectivity index (χ4v) is 2.78. The van der Waals surface area contributed by atoms with Gasteiger partial charge >= 0.3 is 0 Å². The number of ether oxygens (including phenoxy) is 1. The molecule has 5 nitrogen and oxygen atoms in total. The molecule has 2 aromatic carbocycles. The van der Waals surface area contributed by atoms with E-state index in [1.807, 2.05) is 69.3 Å². The van der Waals surface area contributed by atoms with E-state index in [0.29, 0.717) is 12.1 Å². The summed E-state index contributed by atoms with van der Waals surface area (Å²) in [5.74, 6) is 1.57. The minimum absolute atomic E-state index is 0.0353. The third-order valence-electron chi connectivity index (χ3n) is 4.03. The van der Waals surface area contributed by atoms with Gasteiger partial charge in [-0.15, -0.1) is 0 Å². The lowest BCUT2D eigenvalue weighted by atomic mass is 10.0. The van der Waals surface area contributed by atoms with Gasteiger partial charge in [-0.1, -0.05) is 24.3 Å². The molecule has 0 aliphatic rings. The standard InChI is InChI=1S/C22H25N3O2/c1-22(2,3)27-19-11-9-17(10-12-19)16-5-7-18(8-6-16)21(26)25(4)15-20-23-13-14-24-20/h5-14H,15H2,1-4H3,(H,23,24). The highest BCUT2D eigenvalue weighted by atomic mass is 16.5. The van der Waals surface area contributed by atoms with Crippen molar-refractivity contribution in [2.45, 2.75) is 32.9 Å². The van der Waals surface area contributed by atoms with Crippen molar-refractivity contribution < 1.29 is 9.53 Å². The Balaban J connectivity index is 1.68. The molecule has 0 fully saturated rings. The number of benzene rings is 2. The number of imidazole rings is 1. The quantitative estimate of drug-likeness (QED) is 0.725. The van der Waals surface area contributed by atoms with E-state index in [9.17, 15) is 4.79 Å². The highest BCUT2D eigenvalue weighted by Crippen LogP contribution is 2.25. The van der Waals surface area contributed by atoms with Crippen molar-refractivity contribution in [3.05, 3.63) is 72.3 Å². The van der Waals surface area contributed by atoms with Crippen LogP contribution < -0.4 is 4.74 Å². The van der Waals surface area contributed by atoms with Crippen LogP contribution in [0.25, 0.3) is 11.1 Å². The maximum Gasteiger partial charge on any atom is 0.254 e. The second kappa shape index (κ2) is 7.66. The summed E-state index contributed by atoms with van der Waals surface area (Å²) in [6.07, 6.45) is 3.43. The number of nitrogens with zero attached hydrogens (tertiary/aromatic N) is 2. The van der Waals surface area contributed by atoms with E-state index in [1.165, 1.54) is 0 Å². The second-order valence-corrected chi connectivity index (χ2v) is 7.51. The zero-order valence-electron chi connectivity index (χ0n) is 16.2. The molecule has 0 atom stereocenters. The number of hydrogen-bond acceptors (Lipinski definition) is 3. The summed E-state index contributed by atoms with van der Waals surface area (Å²) in [5.41, 5.74) is 2.58. The lowest BCUT2D eigenvalue weighted by Crippen LogP contribution is -2.26. The van der Waals surface area contributed by atoms with Gasteiger partial charge in [-0.25, -0.2) is 4.98 Å². The highest BCUT2D eigenvalue weighted by Gasteiger charge is 2.14. The van der Waals surface area contributed by atoms with E-state index in [4.69, 9.17) is 4.74 Å². The minimum Gasteiger partial charge on any atom is -0.488 e. The normalized spacial score (nSPS) is 11.3. The summed E-state index contributed by atoms with van der Waals surface area (Å²) < 4.78 is 5.85. The van der Waals surface area contributed by atoms with Crippen LogP contribution in [0.2, 0.25) is 0 Å². The molecular weight excluding hydrogens is 338 g/mol. The Kier molecular flexibility index (Phi) is 5.31. The molecule has 1 N–H and O–H groups in total. The first kappa shape index (κ1) is 18.7. The Morgan fingerprint density at radius 1 is 1.04 bits per heavy atom. The molecule has 0 aliphatic heterocycles. The summed E-state index contributed by atoms with van der Waals surface area (Å²) in [7, 11) is 1.77. The predicted molar refractivity (Wildman–Crippen MR) is 107 cm³/mol. The van der Waals surface area contributed by atoms with Crippen LogP contribution in [0, 0.1) is 0 Å². The van der Waals surface area contributed by atoms with Gasteiger partial charge in [-0.3, -0.25) is 4.79 Å². The minimum atomic E-state index is -0.217. The van der Waals surface area contributed by atoms with Crippen molar-refractivity contribution in [1.29, 1.82) is 0 Å². The van der Waals surface area contributed by atoms with E-state index in [1.54, 1.807) is 24.3 Å². The number of carbonyl (C=O) groups excluding carboxylic acids is 1. The average Bonchev–Trinajstić information content (AvgIpc) is 3.13. The van der Waals surface area contributed by atoms with Crippen molar-refractivity contribution in [3.63, 3.8) is 0 Å². The lowest BCUT2D eigenvalue weighted by molar-refractivity contribution is 0.0782. The second-order valence-electron chi connectivity index (χ2n) is 7.51. The maximum absolute atomic E-state index is 12.6. The van der Waals surface area contributed by atoms with Crippen molar-refractivity contribution in [2.24, 2.45) is 0 Å². The monoisotopic (exact) mass is 363 g/mol. The summed E-state index contributed by atoms with van der Waals surface area (Å²) in [6, 6.07) is 15.6. The predicted octanol–water partition coefficient (Wildman–Crippen LogP) is 4.53. The van der Waals surface area contributed by atoms with Crippen LogP contribution in [0.5, 0.6) is 5.75 Å². The highest BCUT2D eigenvalue weighted by molar-refractivity contribution is 5.94. The molecule has 0 saturated heterocycles. The lowest BCUT2D eigenvalue weighted by Gasteiger charge is -2.21. The number of H-pyrrole nitrogens is 1. The van der Waals surface area contributed by atoms with Gasteiger partial charge in [0.2, 0.25) is 0 Å². The van der Waals surface area contributed by atoms with Gasteiger partial charge in [0.15, 0.2) is 0 Å². The zero-order chi connectivity index (χ0) is 19.4. The molecule has 1 aromatic heterocycles. The number of aromatic amines is 1. The molecule has 140 valence electrons. The van der Waals surface area contributed by atoms with Crippen LogP contribution in [0.4, 0.5) is 0 Å². The molecule has 0 bridgehead atoms. The zero-order valence-corrected chi connectivity index (χ0v) is 16.2. The van der Waals surface area contributed by atoms with Gasteiger partial charge in [0.05, 0.1) is 6.54 Å². The van der Waals surface area contributed by atoms with Gasteiger partial charge in [0.25, 0.3) is 5.91 Å². The fourth-order valence-electron chi connectivity index (χ4n) is 2.78. The first-order valence-electron chi connectivity index (χ1n) is 8.95. The summed E-state index contributed by atoms with van der Waals surface area (Å²) in [4.78, 5) is 21.4. The molecule has 0 unspecified atom stereocenters. The van der Waals surface area contributed by atoms with Gasteiger partial charge in [-0.05, 0) is 56.2 Å². The smallest absolute Gasteiger partial charge is 0.254 e. The van der Waals surface area contributed by atoms with Crippen LogP contribution >= 0.6 is 0 Å². The molecule has 5 heteroatoms. The van der Waals surface area contributed by atoms with Gasteiger partial charge in [0, 0.05) is 25.0 Å². The molecule has 0 saturated carbocycles. The van der Waals surface area contributed by atoms with Crippen LogP contribution in [0.15, 0.2) is 60.9 Å². The number of rotatable bonds is 5. The Morgan fingerprint density at radius 3 is 2.15 bits per heavy atom. The van der Waals surface area contributed by atoms with Crippen LogP contribution in [0.3, 0.4) is 0 Å². The van der Waals surface area contributed by atoms with Crippen LogP contribution in [-0.2, 0) is 6.54 Å². The Bertz CT molecular complexity index is 877. The topological polar surface area (TPSA) is 58.2 Å². The summed E-state index contributed by atoms with van der Waals surface area (Å²) in [6.45, 7) is 6.53. The van der Waals surface area contributed by atoms with Gasteiger partial charge in [-0.2, -0.15) is 0 Å². The van der Waals surface area contributed by atoms with Gasteiger partial charge in [0.1, 0.15) is 17.2 Å². The van der Waals surface area contributed by atoms with Crippen molar-refractivity contribution in [2.75, 3.05) is 7.05 Å². The van der Waals surface area contributed by atoms with E-state index >= 15 is 0 Å². The Morgan fingerprint density at radius 2 is 1.63 bits per heavy atom. The number of carbonyl (C=O) groups is 1. The molecule has 0 spiro atoms. The van der Waals surface area contributed by atoms with Crippen molar-refractivity contribution >= 4 is 5.91 Å². The molecule has 1 heterocycles. The number of hydrogen-bond donors (Lipinski definition) is 1. The van der Waals surface area contributed by atoms with E-state index < -0.39 is 0 Å². The number of aromatic nitrogens is 2. The molecular formula is C22H25N3O2. The first-order chi connectivity index (χ1) is 12.8. The Labute approximate surface area is 160 Å². The molecule has 0 aliphatic carbocycles. The fraction of sp³-hybridized carbons (Fsp3) is 0.273. The number of amides is 1. The van der Waals surface area contributed by atoms with Crippen molar-refractivity contribution in [1.82, 2.24) is 14.9 Å². The van der Waals surface area contributed by atoms with Crippen LogP contribution in [-0.4, -0.2) is 33.4 Å². The van der Waals surface area contributed by atoms with Gasteiger partial charge < -0.3 is 14.6 Å².